The highest BCUT2D eigenvalue weighted by Crippen LogP contribution is 2.23. The molecular formula is C20H28N2O. The van der Waals surface area contributed by atoms with E-state index in [-0.39, 0.29) is 0 Å². The van der Waals surface area contributed by atoms with E-state index < -0.39 is 0 Å². The quantitative estimate of drug-likeness (QED) is 0.639. The minimum Gasteiger partial charge on any atom is -0.491 e. The Morgan fingerprint density at radius 2 is 1.61 bits per heavy atom. The third kappa shape index (κ3) is 5.85. The number of aryl methyl sites for hydroxylation is 2. The van der Waals surface area contributed by atoms with Crippen molar-refractivity contribution in [3.8, 4) is 5.75 Å². The lowest BCUT2D eigenvalue weighted by Gasteiger charge is -2.14. The lowest BCUT2D eigenvalue weighted by Crippen LogP contribution is -2.14. The highest BCUT2D eigenvalue weighted by molar-refractivity contribution is 5.56. The molecule has 2 rings (SSSR count). The Hall–Kier alpha value is -2.16. The number of para-hydroxylation sites is 2. The second kappa shape index (κ2) is 9.09. The summed E-state index contributed by atoms with van der Waals surface area (Å²) in [7, 11) is 0. The molecule has 0 aliphatic rings. The van der Waals surface area contributed by atoms with Crippen molar-refractivity contribution in [1.82, 2.24) is 0 Å². The standard InChI is InChI=1S/C20H28N2O/c1-4-5-12-23-20-9-7-6-8-19(20)22-11-10-21-18-14-16(2)13-17(3)15-18/h6-9,13-15,21-22H,4-5,10-12H2,1-3H3. The van der Waals surface area contributed by atoms with E-state index in [4.69, 9.17) is 4.74 Å². The molecule has 0 spiro atoms. The maximum absolute atomic E-state index is 5.84. The summed E-state index contributed by atoms with van der Waals surface area (Å²) in [5.74, 6) is 0.937. The molecule has 0 aromatic heterocycles. The summed E-state index contributed by atoms with van der Waals surface area (Å²) >= 11 is 0. The molecule has 3 nitrogen and oxygen atoms in total. The van der Waals surface area contributed by atoms with Crippen LogP contribution in [-0.4, -0.2) is 19.7 Å². The SMILES string of the molecule is CCCCOc1ccccc1NCCNc1cc(C)cc(C)c1. The van der Waals surface area contributed by atoms with E-state index in [1.54, 1.807) is 0 Å². The number of nitrogens with one attached hydrogen (secondary N) is 2. The summed E-state index contributed by atoms with van der Waals surface area (Å²) in [6, 6.07) is 14.7. The van der Waals surface area contributed by atoms with Gasteiger partial charge in [-0.05, 0) is 55.7 Å². The molecule has 23 heavy (non-hydrogen) atoms. The predicted octanol–water partition coefficient (Wildman–Crippen LogP) is 5.01. The zero-order chi connectivity index (χ0) is 16.5. The van der Waals surface area contributed by atoms with Crippen LogP contribution in [0.4, 0.5) is 11.4 Å². The van der Waals surface area contributed by atoms with Gasteiger partial charge in [-0.1, -0.05) is 31.5 Å². The first-order valence-electron chi connectivity index (χ1n) is 8.47. The molecule has 2 aromatic rings. The zero-order valence-corrected chi connectivity index (χ0v) is 14.5. The van der Waals surface area contributed by atoms with Gasteiger partial charge in [0.05, 0.1) is 12.3 Å². The Morgan fingerprint density at radius 3 is 2.35 bits per heavy atom. The van der Waals surface area contributed by atoms with Gasteiger partial charge < -0.3 is 15.4 Å². The van der Waals surface area contributed by atoms with Crippen LogP contribution in [0.5, 0.6) is 5.75 Å². The molecule has 0 saturated heterocycles. The van der Waals surface area contributed by atoms with Crippen LogP contribution >= 0.6 is 0 Å². The van der Waals surface area contributed by atoms with Crippen LogP contribution in [0, 0.1) is 13.8 Å². The molecule has 2 N–H and O–H groups in total. The summed E-state index contributed by atoms with van der Waals surface area (Å²) < 4.78 is 5.84. The van der Waals surface area contributed by atoms with Gasteiger partial charge in [-0.2, -0.15) is 0 Å². The molecule has 0 atom stereocenters. The molecule has 0 saturated carbocycles. The summed E-state index contributed by atoms with van der Waals surface area (Å²) in [4.78, 5) is 0. The first-order valence-corrected chi connectivity index (χ1v) is 8.47. The van der Waals surface area contributed by atoms with E-state index >= 15 is 0 Å². The molecular weight excluding hydrogens is 284 g/mol. The largest absolute Gasteiger partial charge is 0.491 e. The van der Waals surface area contributed by atoms with Gasteiger partial charge in [0.15, 0.2) is 0 Å². The molecule has 2 aromatic carbocycles. The summed E-state index contributed by atoms with van der Waals surface area (Å²) in [6.45, 7) is 8.91. The van der Waals surface area contributed by atoms with Crippen molar-refractivity contribution in [2.24, 2.45) is 0 Å². The number of hydrogen-bond donors (Lipinski definition) is 2. The number of benzene rings is 2. The minimum absolute atomic E-state index is 0.774. The molecule has 0 aliphatic carbocycles. The lowest BCUT2D eigenvalue weighted by atomic mass is 10.1. The fourth-order valence-corrected chi connectivity index (χ4v) is 2.55. The Morgan fingerprint density at radius 1 is 0.913 bits per heavy atom. The van der Waals surface area contributed by atoms with E-state index in [2.05, 4.69) is 55.7 Å². The number of hydrogen-bond acceptors (Lipinski definition) is 3. The maximum Gasteiger partial charge on any atom is 0.142 e. The van der Waals surface area contributed by atoms with Crippen LogP contribution in [0.1, 0.15) is 30.9 Å². The Balaban J connectivity index is 1.81. The van der Waals surface area contributed by atoms with Gasteiger partial charge in [0.25, 0.3) is 0 Å². The highest BCUT2D eigenvalue weighted by Gasteiger charge is 2.02. The van der Waals surface area contributed by atoms with Crippen molar-refractivity contribution in [3.63, 3.8) is 0 Å². The number of ether oxygens (including phenoxy) is 1. The van der Waals surface area contributed by atoms with E-state index in [1.807, 2.05) is 18.2 Å². The third-order valence-electron chi connectivity index (χ3n) is 3.63. The first-order chi connectivity index (χ1) is 11.2. The van der Waals surface area contributed by atoms with Crippen molar-refractivity contribution in [2.75, 3.05) is 30.3 Å². The zero-order valence-electron chi connectivity index (χ0n) is 14.5. The van der Waals surface area contributed by atoms with Crippen LogP contribution in [0.25, 0.3) is 0 Å². The van der Waals surface area contributed by atoms with E-state index in [1.165, 1.54) is 16.8 Å². The fraction of sp³-hybridized carbons (Fsp3) is 0.400. The van der Waals surface area contributed by atoms with Crippen molar-refractivity contribution >= 4 is 11.4 Å². The summed E-state index contributed by atoms with van der Waals surface area (Å²) in [5, 5.41) is 6.92. The van der Waals surface area contributed by atoms with Crippen LogP contribution < -0.4 is 15.4 Å². The van der Waals surface area contributed by atoms with Crippen molar-refractivity contribution in [2.45, 2.75) is 33.6 Å². The minimum atomic E-state index is 0.774. The predicted molar refractivity (Wildman–Crippen MR) is 99.7 cm³/mol. The molecule has 0 heterocycles. The first kappa shape index (κ1) is 17.2. The second-order valence-corrected chi connectivity index (χ2v) is 5.93. The summed E-state index contributed by atoms with van der Waals surface area (Å²) in [5.41, 5.74) is 4.81. The normalized spacial score (nSPS) is 10.4. The van der Waals surface area contributed by atoms with Gasteiger partial charge in [0, 0.05) is 18.8 Å². The maximum atomic E-state index is 5.84. The number of rotatable bonds is 9. The Kier molecular flexibility index (Phi) is 6.79. The highest BCUT2D eigenvalue weighted by atomic mass is 16.5. The molecule has 0 bridgehead atoms. The third-order valence-corrected chi connectivity index (χ3v) is 3.63. The molecule has 0 amide bonds. The summed E-state index contributed by atoms with van der Waals surface area (Å²) in [6.07, 6.45) is 2.23. The molecule has 0 aliphatic heterocycles. The van der Waals surface area contributed by atoms with Crippen LogP contribution in [0.2, 0.25) is 0 Å². The molecule has 0 unspecified atom stereocenters. The van der Waals surface area contributed by atoms with Gasteiger partial charge in [-0.3, -0.25) is 0 Å². The monoisotopic (exact) mass is 312 g/mol. The van der Waals surface area contributed by atoms with Gasteiger partial charge in [-0.15, -0.1) is 0 Å². The van der Waals surface area contributed by atoms with E-state index in [0.29, 0.717) is 0 Å². The van der Waals surface area contributed by atoms with Gasteiger partial charge in [0.1, 0.15) is 5.75 Å². The van der Waals surface area contributed by atoms with E-state index in [9.17, 15) is 0 Å². The van der Waals surface area contributed by atoms with Crippen molar-refractivity contribution in [1.29, 1.82) is 0 Å². The van der Waals surface area contributed by atoms with Gasteiger partial charge >= 0.3 is 0 Å². The molecule has 3 heteroatoms. The topological polar surface area (TPSA) is 33.3 Å². The lowest BCUT2D eigenvalue weighted by molar-refractivity contribution is 0.311. The van der Waals surface area contributed by atoms with Crippen molar-refractivity contribution < 1.29 is 4.74 Å². The fourth-order valence-electron chi connectivity index (χ4n) is 2.55. The number of anilines is 2. The molecule has 0 radical (unpaired) electrons. The smallest absolute Gasteiger partial charge is 0.142 e. The van der Waals surface area contributed by atoms with Crippen LogP contribution in [0.3, 0.4) is 0 Å². The molecule has 124 valence electrons. The van der Waals surface area contributed by atoms with Crippen LogP contribution in [-0.2, 0) is 0 Å². The van der Waals surface area contributed by atoms with Gasteiger partial charge in [-0.25, -0.2) is 0 Å². The Labute approximate surface area is 140 Å². The average Bonchev–Trinajstić information content (AvgIpc) is 2.52. The number of unbranched alkanes of at least 4 members (excludes halogenated alkanes) is 1. The second-order valence-electron chi connectivity index (χ2n) is 5.93. The average molecular weight is 312 g/mol. The Bertz CT molecular complexity index is 590. The van der Waals surface area contributed by atoms with Gasteiger partial charge in [0.2, 0.25) is 0 Å². The molecule has 0 fully saturated rings. The van der Waals surface area contributed by atoms with E-state index in [0.717, 1.165) is 44.0 Å². The van der Waals surface area contributed by atoms with Crippen molar-refractivity contribution in [3.05, 3.63) is 53.6 Å². The van der Waals surface area contributed by atoms with Crippen LogP contribution in [0.15, 0.2) is 42.5 Å².